The van der Waals surface area contributed by atoms with Crippen molar-refractivity contribution in [1.29, 1.82) is 0 Å². The molecule has 0 unspecified atom stereocenters. The Labute approximate surface area is 199 Å². The van der Waals surface area contributed by atoms with E-state index in [1.807, 2.05) is 0 Å². The van der Waals surface area contributed by atoms with Crippen molar-refractivity contribution >= 4 is 11.9 Å². The lowest BCUT2D eigenvalue weighted by Gasteiger charge is -2.06. The minimum absolute atomic E-state index is 0.0501. The molecular formula is C28H54O4. The summed E-state index contributed by atoms with van der Waals surface area (Å²) in [5.41, 5.74) is 0. The van der Waals surface area contributed by atoms with Crippen LogP contribution in [-0.2, 0) is 19.1 Å². The van der Waals surface area contributed by atoms with Gasteiger partial charge >= 0.3 is 11.9 Å². The molecule has 0 aromatic heterocycles. The van der Waals surface area contributed by atoms with Gasteiger partial charge in [0.15, 0.2) is 0 Å². The summed E-state index contributed by atoms with van der Waals surface area (Å²) in [7, 11) is 0. The van der Waals surface area contributed by atoms with Crippen LogP contribution in [0.15, 0.2) is 0 Å². The smallest absolute Gasteiger partial charge is 0.305 e. The third-order valence-electron chi connectivity index (χ3n) is 6.03. The molecule has 32 heavy (non-hydrogen) atoms. The van der Waals surface area contributed by atoms with Crippen LogP contribution in [0.25, 0.3) is 0 Å². The highest BCUT2D eigenvalue weighted by molar-refractivity contribution is 5.69. The van der Waals surface area contributed by atoms with Crippen molar-refractivity contribution in [3.8, 4) is 0 Å². The van der Waals surface area contributed by atoms with Gasteiger partial charge in [-0.1, -0.05) is 104 Å². The zero-order valence-corrected chi connectivity index (χ0v) is 21.6. The minimum atomic E-state index is -0.0501. The topological polar surface area (TPSA) is 52.6 Å². The van der Waals surface area contributed by atoms with Crippen LogP contribution in [0.5, 0.6) is 0 Å². The van der Waals surface area contributed by atoms with Gasteiger partial charge in [0.2, 0.25) is 0 Å². The van der Waals surface area contributed by atoms with Crippen molar-refractivity contribution in [2.45, 2.75) is 155 Å². The molecule has 0 saturated heterocycles. The van der Waals surface area contributed by atoms with Crippen molar-refractivity contribution in [1.82, 2.24) is 0 Å². The largest absolute Gasteiger partial charge is 0.466 e. The zero-order valence-electron chi connectivity index (χ0n) is 21.6. The Hall–Kier alpha value is -1.06. The standard InChI is InChI=1S/C28H54O4/c1-3-5-7-9-11-13-15-19-23-27(29)31-25-21-17-18-22-26-32-28(30)24-20-16-14-12-10-8-6-4-2/h3-26H2,1-2H3. The molecule has 0 saturated carbocycles. The summed E-state index contributed by atoms with van der Waals surface area (Å²) in [6, 6.07) is 0. The summed E-state index contributed by atoms with van der Waals surface area (Å²) in [4.78, 5) is 23.5. The molecule has 0 radical (unpaired) electrons. The maximum absolute atomic E-state index is 11.7. The molecule has 0 bridgehead atoms. The molecule has 0 N–H and O–H groups in total. The summed E-state index contributed by atoms with van der Waals surface area (Å²) < 4.78 is 10.6. The summed E-state index contributed by atoms with van der Waals surface area (Å²) in [5, 5.41) is 0. The third kappa shape index (κ3) is 25.2. The van der Waals surface area contributed by atoms with Gasteiger partial charge in [-0.3, -0.25) is 9.59 Å². The molecule has 0 aliphatic carbocycles. The van der Waals surface area contributed by atoms with E-state index in [2.05, 4.69) is 13.8 Å². The van der Waals surface area contributed by atoms with Crippen LogP contribution in [0.1, 0.15) is 155 Å². The normalized spacial score (nSPS) is 10.9. The zero-order chi connectivity index (χ0) is 23.5. The highest BCUT2D eigenvalue weighted by atomic mass is 16.5. The number of esters is 2. The second-order valence-corrected chi connectivity index (χ2v) is 9.30. The van der Waals surface area contributed by atoms with Gasteiger partial charge in [-0.2, -0.15) is 0 Å². The predicted molar refractivity (Wildman–Crippen MR) is 135 cm³/mol. The monoisotopic (exact) mass is 454 g/mol. The van der Waals surface area contributed by atoms with Crippen molar-refractivity contribution in [3.05, 3.63) is 0 Å². The van der Waals surface area contributed by atoms with E-state index in [0.29, 0.717) is 26.1 Å². The first-order valence-corrected chi connectivity index (χ1v) is 14.0. The van der Waals surface area contributed by atoms with Crippen LogP contribution < -0.4 is 0 Å². The fraction of sp³-hybridized carbons (Fsp3) is 0.929. The van der Waals surface area contributed by atoms with Gasteiger partial charge < -0.3 is 9.47 Å². The number of rotatable bonds is 25. The van der Waals surface area contributed by atoms with Gasteiger partial charge in [-0.15, -0.1) is 0 Å². The second-order valence-electron chi connectivity index (χ2n) is 9.30. The van der Waals surface area contributed by atoms with E-state index in [9.17, 15) is 9.59 Å². The van der Waals surface area contributed by atoms with E-state index in [1.165, 1.54) is 77.0 Å². The molecular weight excluding hydrogens is 400 g/mol. The van der Waals surface area contributed by atoms with E-state index in [0.717, 1.165) is 51.4 Å². The number of hydrogen-bond donors (Lipinski definition) is 0. The molecule has 0 amide bonds. The SMILES string of the molecule is CCCCCCCCCCC(=O)OCCCCCCOC(=O)CCCCCCCCCC. The molecule has 0 spiro atoms. The van der Waals surface area contributed by atoms with Crippen LogP contribution in [0.3, 0.4) is 0 Å². The molecule has 4 heteroatoms. The molecule has 0 rings (SSSR count). The van der Waals surface area contributed by atoms with Crippen LogP contribution in [-0.4, -0.2) is 25.2 Å². The molecule has 0 aromatic rings. The lowest BCUT2D eigenvalue weighted by Crippen LogP contribution is -2.07. The predicted octanol–water partition coefficient (Wildman–Crippen LogP) is 8.69. The second kappa shape index (κ2) is 26.2. The first-order valence-electron chi connectivity index (χ1n) is 14.0. The number of hydrogen-bond acceptors (Lipinski definition) is 4. The summed E-state index contributed by atoms with van der Waals surface area (Å²) in [6.07, 6.45) is 24.8. The first kappa shape index (κ1) is 30.9. The lowest BCUT2D eigenvalue weighted by molar-refractivity contribution is -0.145. The van der Waals surface area contributed by atoms with E-state index in [4.69, 9.17) is 9.47 Å². The van der Waals surface area contributed by atoms with E-state index in [-0.39, 0.29) is 11.9 Å². The molecule has 4 nitrogen and oxygen atoms in total. The van der Waals surface area contributed by atoms with E-state index < -0.39 is 0 Å². The summed E-state index contributed by atoms with van der Waals surface area (Å²) >= 11 is 0. The first-order chi connectivity index (χ1) is 15.7. The fourth-order valence-electron chi connectivity index (χ4n) is 3.88. The van der Waals surface area contributed by atoms with Crippen molar-refractivity contribution < 1.29 is 19.1 Å². The van der Waals surface area contributed by atoms with Gasteiger partial charge in [-0.05, 0) is 38.5 Å². The van der Waals surface area contributed by atoms with Gasteiger partial charge in [0.1, 0.15) is 0 Å². The van der Waals surface area contributed by atoms with Crippen molar-refractivity contribution in [2.24, 2.45) is 0 Å². The number of carbonyl (C=O) groups excluding carboxylic acids is 2. The van der Waals surface area contributed by atoms with Crippen molar-refractivity contribution in [3.63, 3.8) is 0 Å². The summed E-state index contributed by atoms with van der Waals surface area (Å²) in [5.74, 6) is -0.100. The average Bonchev–Trinajstić information content (AvgIpc) is 2.79. The molecule has 0 aliphatic heterocycles. The summed E-state index contributed by atoms with van der Waals surface area (Å²) in [6.45, 7) is 5.52. The fourth-order valence-corrected chi connectivity index (χ4v) is 3.88. The Morgan fingerprint density at radius 1 is 0.406 bits per heavy atom. The Morgan fingerprint density at radius 2 is 0.688 bits per heavy atom. The molecule has 190 valence electrons. The van der Waals surface area contributed by atoms with E-state index >= 15 is 0 Å². The van der Waals surface area contributed by atoms with Crippen LogP contribution in [0.4, 0.5) is 0 Å². The maximum atomic E-state index is 11.7. The van der Waals surface area contributed by atoms with Gasteiger partial charge in [0.25, 0.3) is 0 Å². The van der Waals surface area contributed by atoms with Gasteiger partial charge in [0.05, 0.1) is 13.2 Å². The Balaban J connectivity index is 3.25. The Morgan fingerprint density at radius 3 is 1.03 bits per heavy atom. The molecule has 0 aliphatic rings. The maximum Gasteiger partial charge on any atom is 0.305 e. The molecule has 0 aromatic carbocycles. The minimum Gasteiger partial charge on any atom is -0.466 e. The van der Waals surface area contributed by atoms with Crippen LogP contribution in [0.2, 0.25) is 0 Å². The van der Waals surface area contributed by atoms with Crippen molar-refractivity contribution in [2.75, 3.05) is 13.2 Å². The lowest BCUT2D eigenvalue weighted by atomic mass is 10.1. The highest BCUT2D eigenvalue weighted by Gasteiger charge is 2.04. The van der Waals surface area contributed by atoms with Crippen LogP contribution >= 0.6 is 0 Å². The quantitative estimate of drug-likeness (QED) is 0.102. The number of carbonyl (C=O) groups is 2. The molecule has 0 heterocycles. The van der Waals surface area contributed by atoms with Gasteiger partial charge in [0, 0.05) is 12.8 Å². The number of unbranched alkanes of at least 4 members (excludes halogenated alkanes) is 17. The number of ether oxygens (including phenoxy) is 2. The van der Waals surface area contributed by atoms with Gasteiger partial charge in [-0.25, -0.2) is 0 Å². The highest BCUT2D eigenvalue weighted by Crippen LogP contribution is 2.11. The van der Waals surface area contributed by atoms with E-state index in [1.54, 1.807) is 0 Å². The average molecular weight is 455 g/mol. The third-order valence-corrected chi connectivity index (χ3v) is 6.03. The van der Waals surface area contributed by atoms with Crippen LogP contribution in [0, 0.1) is 0 Å². The Kier molecular flexibility index (Phi) is 25.3. The molecule has 0 atom stereocenters. The molecule has 0 fully saturated rings. The Bertz CT molecular complexity index is 370.